The van der Waals surface area contributed by atoms with Crippen LogP contribution >= 0.6 is 0 Å². The number of fused-ring (bicyclic) bond motifs is 1. The molecule has 11 heteroatoms. The van der Waals surface area contributed by atoms with Gasteiger partial charge in [0.25, 0.3) is 0 Å². The van der Waals surface area contributed by atoms with Gasteiger partial charge < -0.3 is 19.3 Å². The number of rotatable bonds is 8. The number of piperazine rings is 1. The lowest BCUT2D eigenvalue weighted by Crippen LogP contribution is -2.52. The maximum atomic E-state index is 13.7. The van der Waals surface area contributed by atoms with E-state index in [0.29, 0.717) is 43.2 Å². The van der Waals surface area contributed by atoms with Crippen molar-refractivity contribution in [3.05, 3.63) is 96.1 Å². The van der Waals surface area contributed by atoms with Crippen molar-refractivity contribution in [2.75, 3.05) is 44.4 Å². The molecule has 2 aliphatic heterocycles. The van der Waals surface area contributed by atoms with Crippen molar-refractivity contribution in [2.24, 2.45) is 0 Å². The molecule has 10 nitrogen and oxygen atoms in total. The van der Waals surface area contributed by atoms with Crippen LogP contribution in [0.25, 0.3) is 11.3 Å². The van der Waals surface area contributed by atoms with Crippen molar-refractivity contribution in [3.63, 3.8) is 0 Å². The van der Waals surface area contributed by atoms with Gasteiger partial charge in [-0.15, -0.1) is 10.2 Å². The van der Waals surface area contributed by atoms with Crippen molar-refractivity contribution in [1.29, 1.82) is 0 Å². The summed E-state index contributed by atoms with van der Waals surface area (Å²) in [7, 11) is -3.96. The molecule has 0 radical (unpaired) electrons. The summed E-state index contributed by atoms with van der Waals surface area (Å²) in [6.07, 6.45) is 0. The topological polar surface area (TPSA) is 105 Å². The van der Waals surface area contributed by atoms with Gasteiger partial charge in [0.05, 0.1) is 17.1 Å². The van der Waals surface area contributed by atoms with E-state index in [1.807, 2.05) is 49.4 Å². The zero-order chi connectivity index (χ0) is 29.1. The lowest BCUT2D eigenvalue weighted by molar-refractivity contribution is -0.131. The second-order valence-corrected chi connectivity index (χ2v) is 12.2. The molecule has 1 aromatic heterocycles. The van der Waals surface area contributed by atoms with Gasteiger partial charge in [-0.3, -0.25) is 4.79 Å². The second-order valence-electron chi connectivity index (χ2n) is 10.3. The summed E-state index contributed by atoms with van der Waals surface area (Å²) >= 11 is 0. The first-order chi connectivity index (χ1) is 20.4. The Morgan fingerprint density at radius 1 is 0.857 bits per heavy atom. The number of carbonyl (C=O) groups excluding carboxylic acids is 1. The Labute approximate surface area is 245 Å². The molecule has 2 aliphatic rings. The summed E-state index contributed by atoms with van der Waals surface area (Å²) in [5.74, 6) is 1.66. The van der Waals surface area contributed by atoms with Gasteiger partial charge in [-0.2, -0.15) is 4.31 Å². The molecule has 0 saturated carbocycles. The van der Waals surface area contributed by atoms with E-state index in [-0.39, 0.29) is 30.7 Å². The Morgan fingerprint density at radius 3 is 2.31 bits per heavy atom. The highest BCUT2D eigenvalue weighted by atomic mass is 32.2. The average molecular weight is 586 g/mol. The summed E-state index contributed by atoms with van der Waals surface area (Å²) in [5.41, 5.74) is 3.44. The molecule has 0 unspecified atom stereocenters. The number of hydrogen-bond donors (Lipinski definition) is 0. The van der Waals surface area contributed by atoms with Crippen LogP contribution in [0.5, 0.6) is 11.5 Å². The molecular weight excluding hydrogens is 554 g/mol. The highest BCUT2D eigenvalue weighted by molar-refractivity contribution is 7.89. The molecule has 4 aromatic rings. The zero-order valence-electron chi connectivity index (χ0n) is 23.2. The van der Waals surface area contributed by atoms with E-state index in [1.54, 1.807) is 47.4 Å². The van der Waals surface area contributed by atoms with Crippen LogP contribution in [0, 0.1) is 6.92 Å². The minimum Gasteiger partial charge on any atom is -0.454 e. The van der Waals surface area contributed by atoms with Gasteiger partial charge in [0.2, 0.25) is 22.7 Å². The first kappa shape index (κ1) is 27.7. The standard InChI is InChI=1S/C31H31N5O5S/c1-23-7-10-26(11-8-23)42(38,39)36(20-24-9-13-28-29(19-24)41-22-40-28)21-31(37)35-17-15-34(16-18-35)30-14-12-27(32-33-30)25-5-3-2-4-6-25/h2-14,19H,15-18,20-22H2,1H3. The number of sulfonamides is 1. The Kier molecular flexibility index (Phi) is 7.77. The third-order valence-electron chi connectivity index (χ3n) is 7.44. The van der Waals surface area contributed by atoms with Gasteiger partial charge in [0.15, 0.2) is 17.3 Å². The number of ether oxygens (including phenoxy) is 2. The molecule has 0 atom stereocenters. The second kappa shape index (κ2) is 11.8. The number of aromatic nitrogens is 2. The summed E-state index contributed by atoms with van der Waals surface area (Å²) in [6.45, 7) is 3.78. The smallest absolute Gasteiger partial charge is 0.243 e. The Hall–Kier alpha value is -4.48. The monoisotopic (exact) mass is 585 g/mol. The number of carbonyl (C=O) groups is 1. The molecule has 1 fully saturated rings. The van der Waals surface area contributed by atoms with Gasteiger partial charge in [-0.05, 0) is 48.9 Å². The molecule has 1 amide bonds. The van der Waals surface area contributed by atoms with E-state index >= 15 is 0 Å². The summed E-state index contributed by atoms with van der Waals surface area (Å²) in [4.78, 5) is 17.4. The highest BCUT2D eigenvalue weighted by Gasteiger charge is 2.31. The molecule has 6 rings (SSSR count). The van der Waals surface area contributed by atoms with Crippen molar-refractivity contribution >= 4 is 21.7 Å². The van der Waals surface area contributed by atoms with Crippen LogP contribution in [0.4, 0.5) is 5.82 Å². The highest BCUT2D eigenvalue weighted by Crippen LogP contribution is 2.33. The Bertz CT molecular complexity index is 1660. The number of hydrogen-bond acceptors (Lipinski definition) is 8. The fourth-order valence-corrected chi connectivity index (χ4v) is 6.40. The van der Waals surface area contributed by atoms with Crippen LogP contribution in [-0.4, -0.2) is 73.2 Å². The lowest BCUT2D eigenvalue weighted by atomic mass is 10.1. The van der Waals surface area contributed by atoms with Gasteiger partial charge >= 0.3 is 0 Å². The largest absolute Gasteiger partial charge is 0.454 e. The summed E-state index contributed by atoms with van der Waals surface area (Å²) < 4.78 is 39.6. The molecule has 0 spiro atoms. The minimum absolute atomic E-state index is 0.0158. The molecule has 216 valence electrons. The Balaban J connectivity index is 1.14. The van der Waals surface area contributed by atoms with Crippen LogP contribution in [-0.2, 0) is 21.4 Å². The molecule has 0 N–H and O–H groups in total. The van der Waals surface area contributed by atoms with E-state index in [2.05, 4.69) is 15.1 Å². The van der Waals surface area contributed by atoms with Crippen LogP contribution in [0.2, 0.25) is 0 Å². The molecule has 3 heterocycles. The van der Waals surface area contributed by atoms with E-state index in [0.717, 1.165) is 22.6 Å². The van der Waals surface area contributed by atoms with Gasteiger partial charge in [-0.25, -0.2) is 8.42 Å². The maximum Gasteiger partial charge on any atom is 0.243 e. The van der Waals surface area contributed by atoms with Crippen LogP contribution < -0.4 is 14.4 Å². The summed E-state index contributed by atoms with van der Waals surface area (Å²) in [5, 5.41) is 8.78. The fourth-order valence-electron chi connectivity index (χ4n) is 5.02. The number of nitrogens with zero attached hydrogens (tertiary/aromatic N) is 5. The molecule has 0 bridgehead atoms. The van der Waals surface area contributed by atoms with E-state index in [1.165, 1.54) is 4.31 Å². The van der Waals surface area contributed by atoms with E-state index < -0.39 is 10.0 Å². The molecule has 1 saturated heterocycles. The Morgan fingerprint density at radius 2 is 1.60 bits per heavy atom. The fraction of sp³-hybridized carbons (Fsp3) is 0.258. The lowest BCUT2D eigenvalue weighted by Gasteiger charge is -2.36. The first-order valence-electron chi connectivity index (χ1n) is 13.7. The van der Waals surface area contributed by atoms with Crippen molar-refractivity contribution < 1.29 is 22.7 Å². The van der Waals surface area contributed by atoms with Crippen molar-refractivity contribution in [1.82, 2.24) is 19.4 Å². The minimum atomic E-state index is -3.96. The van der Waals surface area contributed by atoms with Crippen LogP contribution in [0.3, 0.4) is 0 Å². The predicted molar refractivity (Wildman–Crippen MR) is 158 cm³/mol. The third kappa shape index (κ3) is 5.93. The maximum absolute atomic E-state index is 13.7. The van der Waals surface area contributed by atoms with Crippen LogP contribution in [0.15, 0.2) is 89.8 Å². The number of amides is 1. The normalized spacial score (nSPS) is 14.8. The molecule has 3 aromatic carbocycles. The number of anilines is 1. The molecule has 42 heavy (non-hydrogen) atoms. The zero-order valence-corrected chi connectivity index (χ0v) is 24.0. The van der Waals surface area contributed by atoms with E-state index in [9.17, 15) is 13.2 Å². The van der Waals surface area contributed by atoms with E-state index in [4.69, 9.17) is 9.47 Å². The van der Waals surface area contributed by atoms with Gasteiger partial charge in [-0.1, -0.05) is 54.1 Å². The molecular formula is C31H31N5O5S. The van der Waals surface area contributed by atoms with Crippen LogP contribution in [0.1, 0.15) is 11.1 Å². The predicted octanol–water partition coefficient (Wildman–Crippen LogP) is 3.72. The third-order valence-corrected chi connectivity index (χ3v) is 9.25. The first-order valence-corrected chi connectivity index (χ1v) is 15.2. The van der Waals surface area contributed by atoms with Crippen molar-refractivity contribution in [2.45, 2.75) is 18.4 Å². The average Bonchev–Trinajstić information content (AvgIpc) is 3.50. The SMILES string of the molecule is Cc1ccc(S(=O)(=O)N(CC(=O)N2CCN(c3ccc(-c4ccccc4)nn3)CC2)Cc2ccc3c(c2)OCO3)cc1. The van der Waals surface area contributed by atoms with Crippen molar-refractivity contribution in [3.8, 4) is 22.8 Å². The van der Waals surface area contributed by atoms with Gasteiger partial charge in [0.1, 0.15) is 0 Å². The summed E-state index contributed by atoms with van der Waals surface area (Å²) in [6, 6.07) is 25.7. The quantitative estimate of drug-likeness (QED) is 0.308. The molecule has 0 aliphatic carbocycles. The van der Waals surface area contributed by atoms with Gasteiger partial charge in [0, 0.05) is 38.3 Å². The number of aryl methyl sites for hydroxylation is 1. The number of benzene rings is 3.